The lowest BCUT2D eigenvalue weighted by atomic mass is 9.86. The Balaban J connectivity index is 1.68. The van der Waals surface area contributed by atoms with E-state index in [1.54, 1.807) is 24.3 Å². The number of benzene rings is 1. The second kappa shape index (κ2) is 8.17. The van der Waals surface area contributed by atoms with Gasteiger partial charge in [-0.3, -0.25) is 20.4 Å². The van der Waals surface area contributed by atoms with Crippen LogP contribution >= 0.6 is 15.9 Å². The quantitative estimate of drug-likeness (QED) is 0.813. The maximum atomic E-state index is 11.8. The Morgan fingerprint density at radius 3 is 2.38 bits per heavy atom. The number of hydrazine groups is 1. The second-order valence-electron chi connectivity index (χ2n) is 5.55. The van der Waals surface area contributed by atoms with Gasteiger partial charge >= 0.3 is 0 Å². The molecular formula is C16H21BrN2O2. The van der Waals surface area contributed by atoms with Crippen molar-refractivity contribution in [3.63, 3.8) is 0 Å². The summed E-state index contributed by atoms with van der Waals surface area (Å²) in [7, 11) is 0. The van der Waals surface area contributed by atoms with E-state index < -0.39 is 0 Å². The van der Waals surface area contributed by atoms with Crippen LogP contribution in [-0.4, -0.2) is 11.8 Å². The first-order valence-corrected chi connectivity index (χ1v) is 8.29. The SMILES string of the molecule is O=C(CCC1CCCCC1)NNC(=O)c1ccc(Br)cc1. The van der Waals surface area contributed by atoms with Crippen LogP contribution in [0.25, 0.3) is 0 Å². The smallest absolute Gasteiger partial charge is 0.269 e. The summed E-state index contributed by atoms with van der Waals surface area (Å²) in [6.45, 7) is 0. The van der Waals surface area contributed by atoms with E-state index in [0.29, 0.717) is 17.9 Å². The molecule has 1 aliphatic carbocycles. The Morgan fingerprint density at radius 2 is 1.71 bits per heavy atom. The van der Waals surface area contributed by atoms with Gasteiger partial charge in [-0.2, -0.15) is 0 Å². The van der Waals surface area contributed by atoms with Crippen LogP contribution in [0.4, 0.5) is 0 Å². The molecule has 0 bridgehead atoms. The summed E-state index contributed by atoms with van der Waals surface area (Å²) in [4.78, 5) is 23.6. The molecule has 0 spiro atoms. The third kappa shape index (κ3) is 5.50. The molecule has 0 heterocycles. The molecule has 5 heteroatoms. The number of rotatable bonds is 4. The van der Waals surface area contributed by atoms with Gasteiger partial charge in [0.2, 0.25) is 5.91 Å². The maximum absolute atomic E-state index is 11.8. The zero-order chi connectivity index (χ0) is 15.1. The molecule has 0 saturated heterocycles. The van der Waals surface area contributed by atoms with Crippen LogP contribution in [0.3, 0.4) is 0 Å². The summed E-state index contributed by atoms with van der Waals surface area (Å²) in [6.07, 6.45) is 7.76. The fourth-order valence-electron chi connectivity index (χ4n) is 2.67. The van der Waals surface area contributed by atoms with E-state index in [1.165, 1.54) is 32.1 Å². The standard InChI is InChI=1S/C16H21BrN2O2/c17-14-9-7-13(8-10-14)16(21)19-18-15(20)11-6-12-4-2-1-3-5-12/h7-10,12H,1-6,11H2,(H,18,20)(H,19,21). The van der Waals surface area contributed by atoms with E-state index in [9.17, 15) is 9.59 Å². The van der Waals surface area contributed by atoms with Crippen LogP contribution in [0.5, 0.6) is 0 Å². The van der Waals surface area contributed by atoms with Gasteiger partial charge in [-0.1, -0.05) is 48.0 Å². The van der Waals surface area contributed by atoms with Crippen molar-refractivity contribution < 1.29 is 9.59 Å². The van der Waals surface area contributed by atoms with Crippen LogP contribution in [-0.2, 0) is 4.79 Å². The molecule has 0 atom stereocenters. The summed E-state index contributed by atoms with van der Waals surface area (Å²) in [5.74, 6) is 0.256. The minimum atomic E-state index is -0.298. The van der Waals surface area contributed by atoms with Gasteiger partial charge < -0.3 is 0 Å². The zero-order valence-electron chi connectivity index (χ0n) is 12.0. The predicted octanol–water partition coefficient (Wildman–Crippen LogP) is 3.57. The number of carbonyl (C=O) groups is 2. The maximum Gasteiger partial charge on any atom is 0.269 e. The van der Waals surface area contributed by atoms with E-state index in [2.05, 4.69) is 26.8 Å². The highest BCUT2D eigenvalue weighted by molar-refractivity contribution is 9.10. The number of hydrogen-bond acceptors (Lipinski definition) is 2. The zero-order valence-corrected chi connectivity index (χ0v) is 13.6. The molecule has 21 heavy (non-hydrogen) atoms. The van der Waals surface area contributed by atoms with Crippen molar-refractivity contribution in [3.05, 3.63) is 34.3 Å². The highest BCUT2D eigenvalue weighted by atomic mass is 79.9. The van der Waals surface area contributed by atoms with E-state index in [4.69, 9.17) is 0 Å². The number of carbonyl (C=O) groups excluding carboxylic acids is 2. The Bertz CT molecular complexity index is 482. The van der Waals surface area contributed by atoms with E-state index in [0.717, 1.165) is 10.9 Å². The van der Waals surface area contributed by atoms with Crippen LogP contribution < -0.4 is 10.9 Å². The van der Waals surface area contributed by atoms with Crippen molar-refractivity contribution in [3.8, 4) is 0 Å². The van der Waals surface area contributed by atoms with Crippen molar-refractivity contribution >= 4 is 27.7 Å². The number of nitrogens with one attached hydrogen (secondary N) is 2. The number of halogens is 1. The Morgan fingerprint density at radius 1 is 1.05 bits per heavy atom. The molecule has 1 aromatic rings. The monoisotopic (exact) mass is 352 g/mol. The molecule has 2 amide bonds. The van der Waals surface area contributed by atoms with Crippen molar-refractivity contribution in [2.45, 2.75) is 44.9 Å². The summed E-state index contributed by atoms with van der Waals surface area (Å²) < 4.78 is 0.913. The fourth-order valence-corrected chi connectivity index (χ4v) is 2.94. The van der Waals surface area contributed by atoms with Gasteiger partial charge in [-0.15, -0.1) is 0 Å². The molecule has 0 radical (unpaired) electrons. The number of amides is 2. The Kier molecular flexibility index (Phi) is 6.23. The average Bonchev–Trinajstić information content (AvgIpc) is 2.52. The first-order valence-electron chi connectivity index (χ1n) is 7.50. The lowest BCUT2D eigenvalue weighted by Gasteiger charge is -2.21. The van der Waals surface area contributed by atoms with Gasteiger partial charge in [-0.25, -0.2) is 0 Å². The van der Waals surface area contributed by atoms with Crippen LogP contribution in [0.15, 0.2) is 28.7 Å². The summed E-state index contributed by atoms with van der Waals surface area (Å²) in [5.41, 5.74) is 5.46. The first-order chi connectivity index (χ1) is 10.1. The Labute approximate surface area is 133 Å². The third-order valence-electron chi connectivity index (χ3n) is 3.93. The minimum absolute atomic E-state index is 0.119. The van der Waals surface area contributed by atoms with Gasteiger partial charge in [0.05, 0.1) is 0 Å². The highest BCUT2D eigenvalue weighted by Gasteiger charge is 2.15. The molecule has 1 saturated carbocycles. The molecule has 1 aromatic carbocycles. The van der Waals surface area contributed by atoms with E-state index in [-0.39, 0.29) is 11.8 Å². The molecule has 2 rings (SSSR count). The lowest BCUT2D eigenvalue weighted by molar-refractivity contribution is -0.122. The molecular weight excluding hydrogens is 332 g/mol. The largest absolute Gasteiger partial charge is 0.273 e. The normalized spacial score (nSPS) is 15.5. The van der Waals surface area contributed by atoms with E-state index >= 15 is 0 Å². The summed E-state index contributed by atoms with van der Waals surface area (Å²) >= 11 is 3.31. The van der Waals surface area contributed by atoms with Crippen molar-refractivity contribution in [1.29, 1.82) is 0 Å². The molecule has 0 aromatic heterocycles. The fraction of sp³-hybridized carbons (Fsp3) is 0.500. The van der Waals surface area contributed by atoms with Crippen LogP contribution in [0.1, 0.15) is 55.3 Å². The van der Waals surface area contributed by atoms with Crippen molar-refractivity contribution in [1.82, 2.24) is 10.9 Å². The van der Waals surface area contributed by atoms with Crippen LogP contribution in [0, 0.1) is 5.92 Å². The molecule has 0 unspecified atom stereocenters. The molecule has 1 aliphatic rings. The number of hydrogen-bond donors (Lipinski definition) is 2. The predicted molar refractivity (Wildman–Crippen MR) is 85.6 cm³/mol. The molecule has 0 aliphatic heterocycles. The first kappa shape index (κ1) is 16.0. The average molecular weight is 353 g/mol. The van der Waals surface area contributed by atoms with Crippen molar-refractivity contribution in [2.24, 2.45) is 5.92 Å². The van der Waals surface area contributed by atoms with Gasteiger partial charge in [0.1, 0.15) is 0 Å². The van der Waals surface area contributed by atoms with Crippen molar-refractivity contribution in [2.75, 3.05) is 0 Å². The third-order valence-corrected chi connectivity index (χ3v) is 4.45. The van der Waals surface area contributed by atoms with Gasteiger partial charge in [-0.05, 0) is 36.6 Å². The topological polar surface area (TPSA) is 58.2 Å². The highest BCUT2D eigenvalue weighted by Crippen LogP contribution is 2.27. The lowest BCUT2D eigenvalue weighted by Crippen LogP contribution is -2.41. The summed E-state index contributed by atoms with van der Waals surface area (Å²) in [5, 5.41) is 0. The molecule has 114 valence electrons. The van der Waals surface area contributed by atoms with Gasteiger partial charge in [0.15, 0.2) is 0 Å². The van der Waals surface area contributed by atoms with Crippen LogP contribution in [0.2, 0.25) is 0 Å². The molecule has 2 N–H and O–H groups in total. The molecule has 4 nitrogen and oxygen atoms in total. The minimum Gasteiger partial charge on any atom is -0.273 e. The van der Waals surface area contributed by atoms with Gasteiger partial charge in [0, 0.05) is 16.5 Å². The summed E-state index contributed by atoms with van der Waals surface area (Å²) in [6, 6.07) is 6.99. The van der Waals surface area contributed by atoms with E-state index in [1.807, 2.05) is 0 Å². The Hall–Kier alpha value is -1.36. The second-order valence-corrected chi connectivity index (χ2v) is 6.47. The molecule has 1 fully saturated rings. The van der Waals surface area contributed by atoms with Gasteiger partial charge in [0.25, 0.3) is 5.91 Å².